The van der Waals surface area contributed by atoms with E-state index in [-0.39, 0.29) is 12.5 Å². The van der Waals surface area contributed by atoms with Crippen molar-refractivity contribution in [2.45, 2.75) is 19.8 Å². The molecule has 1 aromatic heterocycles. The van der Waals surface area contributed by atoms with E-state index < -0.39 is 5.91 Å². The summed E-state index contributed by atoms with van der Waals surface area (Å²) in [7, 11) is 0. The van der Waals surface area contributed by atoms with Crippen LogP contribution in [-0.4, -0.2) is 23.0 Å². The molecule has 3 aromatic rings. The minimum absolute atomic E-state index is 0.127. The van der Waals surface area contributed by atoms with Crippen molar-refractivity contribution >= 4 is 22.7 Å². The summed E-state index contributed by atoms with van der Waals surface area (Å²) in [5, 5.41) is 0.657. The van der Waals surface area contributed by atoms with Crippen LogP contribution in [0.3, 0.4) is 0 Å². The van der Waals surface area contributed by atoms with Crippen LogP contribution in [0, 0.1) is 0 Å². The molecule has 0 fully saturated rings. The molecule has 5 nitrogen and oxygen atoms in total. The van der Waals surface area contributed by atoms with Crippen LogP contribution < -0.4 is 10.5 Å². The zero-order valence-corrected chi connectivity index (χ0v) is 14.2. The lowest BCUT2D eigenvalue weighted by Crippen LogP contribution is -2.18. The molecule has 1 amide bonds. The standard InChI is InChI=1S/C20H20N2O3/c1-13(2)14-7-9-15(10-8-14)25-12-19(23)22-11-17(20(21)24)16-5-3-4-6-18(16)22/h3-11,13H,12H2,1-2H3,(H2,21,24). The van der Waals surface area contributed by atoms with Crippen molar-refractivity contribution in [2.24, 2.45) is 5.73 Å². The average Bonchev–Trinajstić information content (AvgIpc) is 3.00. The summed E-state index contributed by atoms with van der Waals surface area (Å²) in [6.45, 7) is 4.11. The predicted octanol–water partition coefficient (Wildman–Crippen LogP) is 3.58. The average molecular weight is 336 g/mol. The number of primary amides is 1. The number of fused-ring (bicyclic) bond motifs is 1. The third-order valence-corrected chi connectivity index (χ3v) is 4.16. The second-order valence-electron chi connectivity index (χ2n) is 6.20. The number of aromatic nitrogens is 1. The van der Waals surface area contributed by atoms with Crippen LogP contribution in [-0.2, 0) is 0 Å². The van der Waals surface area contributed by atoms with Gasteiger partial charge in [-0.1, -0.05) is 44.2 Å². The van der Waals surface area contributed by atoms with Crippen LogP contribution in [0.4, 0.5) is 0 Å². The summed E-state index contributed by atoms with van der Waals surface area (Å²) in [4.78, 5) is 24.1. The number of carbonyl (C=O) groups is 2. The van der Waals surface area contributed by atoms with Gasteiger partial charge < -0.3 is 10.5 Å². The lowest BCUT2D eigenvalue weighted by Gasteiger charge is -2.09. The Morgan fingerprint density at radius 3 is 2.40 bits per heavy atom. The molecule has 0 spiro atoms. The molecule has 128 valence electrons. The molecule has 3 rings (SSSR count). The minimum Gasteiger partial charge on any atom is -0.484 e. The van der Waals surface area contributed by atoms with Gasteiger partial charge in [-0.2, -0.15) is 0 Å². The van der Waals surface area contributed by atoms with Gasteiger partial charge in [0.15, 0.2) is 6.61 Å². The highest BCUT2D eigenvalue weighted by Crippen LogP contribution is 2.22. The first-order valence-electron chi connectivity index (χ1n) is 8.13. The molecule has 0 aliphatic carbocycles. The molecule has 25 heavy (non-hydrogen) atoms. The summed E-state index contributed by atoms with van der Waals surface area (Å²) in [6.07, 6.45) is 1.47. The van der Waals surface area contributed by atoms with Gasteiger partial charge >= 0.3 is 0 Å². The van der Waals surface area contributed by atoms with E-state index in [1.165, 1.54) is 16.3 Å². The number of ether oxygens (including phenoxy) is 1. The van der Waals surface area contributed by atoms with Gasteiger partial charge in [-0.05, 0) is 29.7 Å². The monoisotopic (exact) mass is 336 g/mol. The molecule has 2 N–H and O–H groups in total. The van der Waals surface area contributed by atoms with Gasteiger partial charge in [0.2, 0.25) is 0 Å². The van der Waals surface area contributed by atoms with E-state index in [0.29, 0.717) is 28.1 Å². The number of para-hydroxylation sites is 1. The van der Waals surface area contributed by atoms with Gasteiger partial charge in [0, 0.05) is 11.6 Å². The maximum absolute atomic E-state index is 12.5. The Bertz CT molecular complexity index is 924. The fraction of sp³-hybridized carbons (Fsp3) is 0.200. The number of amides is 1. The van der Waals surface area contributed by atoms with Gasteiger partial charge in [-0.3, -0.25) is 14.2 Å². The normalized spacial score (nSPS) is 11.0. The summed E-state index contributed by atoms with van der Waals surface area (Å²) in [6, 6.07) is 14.8. The highest BCUT2D eigenvalue weighted by atomic mass is 16.5. The Morgan fingerprint density at radius 1 is 1.08 bits per heavy atom. The van der Waals surface area contributed by atoms with Crippen LogP contribution in [0.1, 0.15) is 40.5 Å². The minimum atomic E-state index is -0.562. The van der Waals surface area contributed by atoms with Gasteiger partial charge in [-0.15, -0.1) is 0 Å². The van der Waals surface area contributed by atoms with Crippen molar-refractivity contribution in [3.8, 4) is 5.75 Å². The molecular weight excluding hydrogens is 316 g/mol. The maximum atomic E-state index is 12.5. The van der Waals surface area contributed by atoms with E-state index in [0.717, 1.165) is 0 Å². The van der Waals surface area contributed by atoms with Gasteiger partial charge in [-0.25, -0.2) is 0 Å². The number of rotatable bonds is 5. The summed E-state index contributed by atoms with van der Waals surface area (Å²) >= 11 is 0. The first-order chi connectivity index (χ1) is 12.0. The van der Waals surface area contributed by atoms with Crippen LogP contribution in [0.2, 0.25) is 0 Å². The highest BCUT2D eigenvalue weighted by Gasteiger charge is 2.16. The van der Waals surface area contributed by atoms with Crippen LogP contribution in [0.15, 0.2) is 54.7 Å². The van der Waals surface area contributed by atoms with Crippen molar-refractivity contribution in [1.29, 1.82) is 0 Å². The third kappa shape index (κ3) is 3.40. The highest BCUT2D eigenvalue weighted by molar-refractivity contribution is 6.08. The molecular formula is C20H20N2O3. The number of nitrogens with two attached hydrogens (primary N) is 1. The van der Waals surface area contributed by atoms with Gasteiger partial charge in [0.25, 0.3) is 11.8 Å². The van der Waals surface area contributed by atoms with Crippen molar-refractivity contribution < 1.29 is 14.3 Å². The zero-order valence-electron chi connectivity index (χ0n) is 14.2. The van der Waals surface area contributed by atoms with Crippen molar-refractivity contribution in [1.82, 2.24) is 4.57 Å². The van der Waals surface area contributed by atoms with Crippen LogP contribution >= 0.6 is 0 Å². The molecule has 0 aliphatic heterocycles. The first-order valence-corrected chi connectivity index (χ1v) is 8.13. The second kappa shape index (κ2) is 6.81. The SMILES string of the molecule is CC(C)c1ccc(OCC(=O)n2cc(C(N)=O)c3ccccc32)cc1. The molecule has 0 atom stereocenters. The topological polar surface area (TPSA) is 74.3 Å². The molecule has 0 bridgehead atoms. The number of carbonyl (C=O) groups excluding carboxylic acids is 2. The number of benzene rings is 2. The lowest BCUT2D eigenvalue weighted by molar-refractivity contribution is 0.0843. The largest absolute Gasteiger partial charge is 0.484 e. The Hall–Kier alpha value is -3.08. The van der Waals surface area contributed by atoms with E-state index in [9.17, 15) is 9.59 Å². The smallest absolute Gasteiger partial charge is 0.269 e. The summed E-state index contributed by atoms with van der Waals surface area (Å²) in [5.74, 6) is 0.239. The molecule has 2 aromatic carbocycles. The number of nitrogens with zero attached hydrogens (tertiary/aromatic N) is 1. The molecule has 0 saturated heterocycles. The maximum Gasteiger partial charge on any atom is 0.269 e. The fourth-order valence-corrected chi connectivity index (χ4v) is 2.75. The fourth-order valence-electron chi connectivity index (χ4n) is 2.75. The van der Waals surface area contributed by atoms with E-state index >= 15 is 0 Å². The van der Waals surface area contributed by atoms with Gasteiger partial charge in [0.1, 0.15) is 5.75 Å². The van der Waals surface area contributed by atoms with E-state index in [1.807, 2.05) is 30.3 Å². The third-order valence-electron chi connectivity index (χ3n) is 4.16. The second-order valence-corrected chi connectivity index (χ2v) is 6.20. The van der Waals surface area contributed by atoms with Crippen molar-refractivity contribution in [2.75, 3.05) is 6.61 Å². The predicted molar refractivity (Wildman–Crippen MR) is 97.1 cm³/mol. The lowest BCUT2D eigenvalue weighted by atomic mass is 10.0. The molecule has 0 aliphatic rings. The Kier molecular flexibility index (Phi) is 4.57. The van der Waals surface area contributed by atoms with Crippen molar-refractivity contribution in [3.05, 3.63) is 65.9 Å². The quantitative estimate of drug-likeness (QED) is 0.774. The van der Waals surface area contributed by atoms with Crippen LogP contribution in [0.25, 0.3) is 10.9 Å². The Morgan fingerprint density at radius 2 is 1.76 bits per heavy atom. The first kappa shape index (κ1) is 16.8. The van der Waals surface area contributed by atoms with Crippen molar-refractivity contribution in [3.63, 3.8) is 0 Å². The van der Waals surface area contributed by atoms with E-state index in [4.69, 9.17) is 10.5 Å². The number of hydrogen-bond acceptors (Lipinski definition) is 3. The molecule has 1 heterocycles. The number of hydrogen-bond donors (Lipinski definition) is 1. The van der Waals surface area contributed by atoms with E-state index in [2.05, 4.69) is 13.8 Å². The molecule has 0 saturated carbocycles. The Balaban J connectivity index is 1.80. The zero-order chi connectivity index (χ0) is 18.0. The molecule has 0 radical (unpaired) electrons. The van der Waals surface area contributed by atoms with Crippen LogP contribution in [0.5, 0.6) is 5.75 Å². The molecule has 0 unspecified atom stereocenters. The van der Waals surface area contributed by atoms with Gasteiger partial charge in [0.05, 0.1) is 11.1 Å². The molecule has 5 heteroatoms. The van der Waals surface area contributed by atoms with E-state index in [1.54, 1.807) is 18.2 Å². The Labute approximate surface area is 146 Å². The summed E-state index contributed by atoms with van der Waals surface area (Å²) < 4.78 is 7.00. The summed E-state index contributed by atoms with van der Waals surface area (Å²) in [5.41, 5.74) is 7.57.